The maximum Gasteiger partial charge on any atom is 0.251 e. The summed E-state index contributed by atoms with van der Waals surface area (Å²) in [5, 5.41) is 22.6. The van der Waals surface area contributed by atoms with Gasteiger partial charge in [0.05, 0.1) is 30.1 Å². The molecule has 0 spiro atoms. The molecule has 8 rings (SSSR count). The maximum absolute atomic E-state index is 16.3. The number of alkyl halides is 1. The Balaban J connectivity index is 1.21. The largest absolute Gasteiger partial charge is 0.494 e. The van der Waals surface area contributed by atoms with Crippen molar-refractivity contribution in [1.82, 2.24) is 20.1 Å². The van der Waals surface area contributed by atoms with E-state index < -0.39 is 40.9 Å². The number of rotatable bonds is 9. The van der Waals surface area contributed by atoms with E-state index in [0.717, 1.165) is 18.2 Å². The van der Waals surface area contributed by atoms with E-state index in [4.69, 9.17) is 20.2 Å². The molecule has 2 aromatic carbocycles. The van der Waals surface area contributed by atoms with E-state index in [1.54, 1.807) is 36.6 Å². The zero-order valence-corrected chi connectivity index (χ0v) is 26.4. The number of hydrogen-bond acceptors (Lipinski definition) is 8. The monoisotopic (exact) mass is 659 g/mol. The molecule has 0 bridgehead atoms. The molecule has 0 unspecified atom stereocenters. The van der Waals surface area contributed by atoms with Gasteiger partial charge >= 0.3 is 0 Å². The standard InChI is InChI=1S/C34H31F2N5O5S/c1-32(31(37)43)16-46-28-22(32)12-25(39-27(28)21-14-47-29-20(21)4-3-5-23(29)35)34(44,33(36)8-9-33)15-38-30(42)17-10-18-13-41(19-6-7-19)40-26(18)24(11-17)45-2/h3-5,10-14,19,44H,6-9,15-16H2,1-2H3,(H2,37,43)(H,38,42)/t32-,34-/m0/s1. The van der Waals surface area contributed by atoms with Crippen molar-refractivity contribution >= 4 is 44.1 Å². The van der Waals surface area contributed by atoms with E-state index in [-0.39, 0.29) is 42.1 Å². The summed E-state index contributed by atoms with van der Waals surface area (Å²) in [4.78, 5) is 31.1. The molecule has 13 heteroatoms. The normalized spacial score (nSPS) is 20.9. The van der Waals surface area contributed by atoms with Crippen LogP contribution in [-0.2, 0) is 15.8 Å². The first-order valence-corrected chi connectivity index (χ1v) is 16.2. The number of carbonyl (C=O) groups is 2. The third kappa shape index (κ3) is 4.50. The number of aromatic nitrogens is 3. The summed E-state index contributed by atoms with van der Waals surface area (Å²) in [5.41, 5.74) is 1.94. The average molecular weight is 660 g/mol. The van der Waals surface area contributed by atoms with E-state index in [1.807, 2.05) is 10.9 Å². The Bertz CT molecular complexity index is 2140. The third-order valence-corrected chi connectivity index (χ3v) is 10.8. The number of benzene rings is 2. The molecule has 2 fully saturated rings. The van der Waals surface area contributed by atoms with Crippen molar-refractivity contribution in [2.45, 2.75) is 55.3 Å². The van der Waals surface area contributed by atoms with Gasteiger partial charge in [0.15, 0.2) is 5.60 Å². The number of amides is 2. The van der Waals surface area contributed by atoms with E-state index in [0.29, 0.717) is 38.5 Å². The number of methoxy groups -OCH3 is 1. The van der Waals surface area contributed by atoms with Crippen LogP contribution in [0.4, 0.5) is 8.78 Å². The van der Waals surface area contributed by atoms with Gasteiger partial charge in [-0.15, -0.1) is 11.3 Å². The Morgan fingerprint density at radius 3 is 2.77 bits per heavy atom. The van der Waals surface area contributed by atoms with Crippen molar-refractivity contribution in [3.8, 4) is 22.8 Å². The molecule has 2 amide bonds. The highest BCUT2D eigenvalue weighted by molar-refractivity contribution is 7.17. The minimum atomic E-state index is -2.30. The minimum Gasteiger partial charge on any atom is -0.494 e. The fourth-order valence-corrected chi connectivity index (χ4v) is 7.39. The second-order valence-electron chi connectivity index (χ2n) is 12.9. The topological polar surface area (TPSA) is 142 Å². The van der Waals surface area contributed by atoms with Crippen molar-refractivity contribution < 1.29 is 33.0 Å². The molecular weight excluding hydrogens is 628 g/mol. The van der Waals surface area contributed by atoms with Crippen LogP contribution in [-0.4, -0.2) is 57.6 Å². The van der Waals surface area contributed by atoms with Gasteiger partial charge in [0.25, 0.3) is 5.91 Å². The molecule has 3 aliphatic rings. The summed E-state index contributed by atoms with van der Waals surface area (Å²) >= 11 is 1.17. The number of pyridine rings is 1. The first-order valence-electron chi connectivity index (χ1n) is 15.4. The highest BCUT2D eigenvalue weighted by Gasteiger charge is 2.62. The third-order valence-electron chi connectivity index (χ3n) is 9.78. The molecule has 0 saturated heterocycles. The number of primary amides is 1. The number of halogens is 2. The van der Waals surface area contributed by atoms with Crippen LogP contribution in [0.5, 0.6) is 11.5 Å². The van der Waals surface area contributed by atoms with Crippen LogP contribution in [0.3, 0.4) is 0 Å². The van der Waals surface area contributed by atoms with Crippen molar-refractivity contribution in [3.63, 3.8) is 0 Å². The Morgan fingerprint density at radius 2 is 2.06 bits per heavy atom. The molecule has 1 aliphatic heterocycles. The predicted octanol–water partition coefficient (Wildman–Crippen LogP) is 5.05. The summed E-state index contributed by atoms with van der Waals surface area (Å²) < 4.78 is 44.8. The van der Waals surface area contributed by atoms with Crippen molar-refractivity contribution in [2.24, 2.45) is 5.73 Å². The van der Waals surface area contributed by atoms with Gasteiger partial charge in [-0.2, -0.15) is 5.10 Å². The van der Waals surface area contributed by atoms with E-state index in [2.05, 4.69) is 10.4 Å². The average Bonchev–Trinajstić information content (AvgIpc) is 3.92. The van der Waals surface area contributed by atoms with Crippen molar-refractivity contribution in [2.75, 3.05) is 20.3 Å². The molecule has 5 aromatic rings. The smallest absolute Gasteiger partial charge is 0.251 e. The highest BCUT2D eigenvalue weighted by atomic mass is 32.1. The lowest BCUT2D eigenvalue weighted by Crippen LogP contribution is -2.49. The SMILES string of the molecule is COc1cc(C(=O)NC[C@](O)(c2cc3c(c(-c4csc5c(F)cccc45)n2)OC[C@]3(C)C(N)=O)C2(F)CC2)cc2cn(C3CC3)nc12. The summed E-state index contributed by atoms with van der Waals surface area (Å²) in [5.74, 6) is -0.974. The maximum atomic E-state index is 16.3. The lowest BCUT2D eigenvalue weighted by Gasteiger charge is -2.33. The van der Waals surface area contributed by atoms with Crippen LogP contribution in [0, 0.1) is 5.82 Å². The second kappa shape index (κ2) is 10.2. The molecule has 242 valence electrons. The molecule has 3 aromatic heterocycles. The molecular formula is C34H31F2N5O5S. The number of carbonyl (C=O) groups excluding carboxylic acids is 2. The van der Waals surface area contributed by atoms with E-state index in [1.165, 1.54) is 30.6 Å². The molecule has 2 atom stereocenters. The summed E-state index contributed by atoms with van der Waals surface area (Å²) in [7, 11) is 1.50. The Morgan fingerprint density at radius 1 is 1.28 bits per heavy atom. The molecule has 2 saturated carbocycles. The number of hydrogen-bond donors (Lipinski definition) is 3. The highest BCUT2D eigenvalue weighted by Crippen LogP contribution is 2.55. The first-order chi connectivity index (χ1) is 22.5. The zero-order chi connectivity index (χ0) is 32.9. The van der Waals surface area contributed by atoms with Gasteiger partial charge in [-0.25, -0.2) is 13.8 Å². The fourth-order valence-electron chi connectivity index (χ4n) is 6.43. The number of thiophene rings is 1. The minimum absolute atomic E-state index is 0.0315. The molecule has 2 aliphatic carbocycles. The summed E-state index contributed by atoms with van der Waals surface area (Å²) in [6.07, 6.45) is 4.01. The number of ether oxygens (including phenoxy) is 2. The van der Waals surface area contributed by atoms with Gasteiger partial charge in [0.1, 0.15) is 46.2 Å². The number of nitrogens with zero attached hydrogens (tertiary/aromatic N) is 3. The van der Waals surface area contributed by atoms with E-state index >= 15 is 4.39 Å². The van der Waals surface area contributed by atoms with Crippen LogP contribution in [0.25, 0.3) is 32.2 Å². The van der Waals surface area contributed by atoms with Crippen LogP contribution < -0.4 is 20.5 Å². The fraction of sp³-hybridized carbons (Fsp3) is 0.353. The Hall–Kier alpha value is -4.62. The van der Waals surface area contributed by atoms with E-state index in [9.17, 15) is 19.1 Å². The van der Waals surface area contributed by atoms with Gasteiger partial charge in [-0.3, -0.25) is 14.3 Å². The first kappa shape index (κ1) is 29.8. The van der Waals surface area contributed by atoms with Crippen LogP contribution in [0.15, 0.2) is 48.0 Å². The van der Waals surface area contributed by atoms with Gasteiger partial charge < -0.3 is 25.6 Å². The second-order valence-corrected chi connectivity index (χ2v) is 13.8. The van der Waals surface area contributed by atoms with Gasteiger partial charge in [0, 0.05) is 39.0 Å². The molecule has 0 radical (unpaired) electrons. The zero-order valence-electron chi connectivity index (χ0n) is 25.6. The predicted molar refractivity (Wildman–Crippen MR) is 171 cm³/mol. The number of nitrogens with one attached hydrogen (secondary N) is 1. The molecule has 47 heavy (non-hydrogen) atoms. The van der Waals surface area contributed by atoms with Gasteiger partial charge in [-0.05, 0) is 56.9 Å². The van der Waals surface area contributed by atoms with Crippen LogP contribution >= 0.6 is 11.3 Å². The quantitative estimate of drug-likeness (QED) is 0.201. The van der Waals surface area contributed by atoms with Crippen LogP contribution in [0.1, 0.15) is 60.3 Å². The van der Waals surface area contributed by atoms with Crippen molar-refractivity contribution in [1.29, 1.82) is 0 Å². The van der Waals surface area contributed by atoms with Gasteiger partial charge in [0.2, 0.25) is 5.91 Å². The van der Waals surface area contributed by atoms with Gasteiger partial charge in [-0.1, -0.05) is 12.1 Å². The number of nitrogens with two attached hydrogens (primary N) is 1. The Kier molecular flexibility index (Phi) is 6.45. The Labute approximate surface area is 271 Å². The number of aliphatic hydroxyl groups is 1. The lowest BCUT2D eigenvalue weighted by molar-refractivity contribution is -0.123. The molecule has 4 N–H and O–H groups in total. The summed E-state index contributed by atoms with van der Waals surface area (Å²) in [6, 6.07) is 9.67. The van der Waals surface area contributed by atoms with Crippen LogP contribution in [0.2, 0.25) is 0 Å². The molecule has 10 nitrogen and oxygen atoms in total. The molecule has 4 heterocycles. The number of fused-ring (bicyclic) bond motifs is 3. The summed E-state index contributed by atoms with van der Waals surface area (Å²) in [6.45, 7) is 0.990. The lowest BCUT2D eigenvalue weighted by atomic mass is 9.80. The van der Waals surface area contributed by atoms with Crippen molar-refractivity contribution in [3.05, 3.63) is 70.6 Å².